The van der Waals surface area contributed by atoms with E-state index >= 15 is 0 Å². The molecule has 4 heteroatoms. The largest absolute Gasteiger partial charge is 0.303 e. The Labute approximate surface area is 89.0 Å². The van der Waals surface area contributed by atoms with Crippen LogP contribution in [0.4, 0.5) is 0 Å². The highest BCUT2D eigenvalue weighted by Gasteiger charge is 2.09. The molecule has 74 valence electrons. The minimum atomic E-state index is -0.693. The van der Waals surface area contributed by atoms with Gasteiger partial charge in [0.15, 0.2) is 0 Å². The number of rotatable bonds is 5. The number of carbonyl (C=O) groups excluding carboxylic acids is 2. The van der Waals surface area contributed by atoms with E-state index in [9.17, 15) is 9.59 Å². The second-order valence-electron chi connectivity index (χ2n) is 2.72. The van der Waals surface area contributed by atoms with Gasteiger partial charge in [0.25, 0.3) is 0 Å². The Kier molecular flexibility index (Phi) is 4.78. The predicted molar refractivity (Wildman–Crippen MR) is 59.9 cm³/mol. The molecular formula is C10H10ClO2P. The van der Waals surface area contributed by atoms with E-state index in [0.717, 1.165) is 17.9 Å². The van der Waals surface area contributed by atoms with Crippen molar-refractivity contribution in [1.29, 1.82) is 0 Å². The second-order valence-corrected chi connectivity index (χ2v) is 5.48. The van der Waals surface area contributed by atoms with E-state index in [0.29, 0.717) is 17.3 Å². The third-order valence-electron chi connectivity index (χ3n) is 1.76. The number of carbonyl (C=O) groups is 2. The van der Waals surface area contributed by atoms with Crippen LogP contribution in [0.5, 0.6) is 0 Å². The van der Waals surface area contributed by atoms with Crippen LogP contribution < -0.4 is 5.30 Å². The maximum atomic E-state index is 10.4. The average Bonchev–Trinajstić information content (AvgIpc) is 2.17. The van der Waals surface area contributed by atoms with Gasteiger partial charge in [0.2, 0.25) is 0 Å². The normalized spacial score (nSPS) is 10.1. The van der Waals surface area contributed by atoms with Gasteiger partial charge < -0.3 is 9.59 Å². The number of halogens is 1. The van der Waals surface area contributed by atoms with Gasteiger partial charge >= 0.3 is 0 Å². The van der Waals surface area contributed by atoms with Gasteiger partial charge in [-0.3, -0.25) is 0 Å². The molecule has 14 heavy (non-hydrogen) atoms. The number of aldehydes is 2. The van der Waals surface area contributed by atoms with Crippen molar-refractivity contribution in [2.75, 3.05) is 12.3 Å². The monoisotopic (exact) mass is 228 g/mol. The molecule has 0 aliphatic carbocycles. The van der Waals surface area contributed by atoms with E-state index in [4.69, 9.17) is 11.6 Å². The number of hydrogen-bond acceptors (Lipinski definition) is 2. The first-order valence-electron chi connectivity index (χ1n) is 4.15. The average molecular weight is 229 g/mol. The maximum absolute atomic E-state index is 10.4. The molecule has 0 amide bonds. The maximum Gasteiger partial charge on any atom is 0.124 e. The van der Waals surface area contributed by atoms with E-state index in [1.165, 1.54) is 0 Å². The van der Waals surface area contributed by atoms with Crippen LogP contribution in [-0.2, 0) is 9.59 Å². The minimum Gasteiger partial charge on any atom is -0.303 e. The Morgan fingerprint density at radius 2 is 1.86 bits per heavy atom. The lowest BCUT2D eigenvalue weighted by Gasteiger charge is -2.11. The third-order valence-corrected chi connectivity index (χ3v) is 4.19. The Morgan fingerprint density at radius 1 is 1.21 bits per heavy atom. The molecule has 1 aromatic carbocycles. The highest BCUT2D eigenvalue weighted by molar-refractivity contribution is 7.67. The lowest BCUT2D eigenvalue weighted by Crippen LogP contribution is -2.07. The topological polar surface area (TPSA) is 34.1 Å². The quantitative estimate of drug-likeness (QED) is 0.569. The van der Waals surface area contributed by atoms with Crippen molar-refractivity contribution in [2.45, 2.75) is 0 Å². The molecule has 0 saturated heterocycles. The predicted octanol–water partition coefficient (Wildman–Crippen LogP) is 1.85. The zero-order valence-corrected chi connectivity index (χ0v) is 9.17. The Morgan fingerprint density at radius 3 is 2.36 bits per heavy atom. The van der Waals surface area contributed by atoms with Gasteiger partial charge in [-0.1, -0.05) is 31.7 Å². The standard InChI is InChI=1S/C10H10ClO2P/c11-9-2-1-3-10(8-9)14(6-4-12)7-5-13/h1-5,8H,6-7H2. The summed E-state index contributed by atoms with van der Waals surface area (Å²) < 4.78 is 0. The van der Waals surface area contributed by atoms with Gasteiger partial charge in [0, 0.05) is 17.3 Å². The molecule has 0 aliphatic heterocycles. The van der Waals surface area contributed by atoms with Gasteiger partial charge in [-0.15, -0.1) is 0 Å². The fourth-order valence-corrected chi connectivity index (χ4v) is 2.95. The summed E-state index contributed by atoms with van der Waals surface area (Å²) in [7, 11) is -0.693. The van der Waals surface area contributed by atoms with Crippen molar-refractivity contribution < 1.29 is 9.59 Å². The first kappa shape index (κ1) is 11.4. The van der Waals surface area contributed by atoms with Crippen LogP contribution in [0.3, 0.4) is 0 Å². The van der Waals surface area contributed by atoms with Gasteiger partial charge in [-0.25, -0.2) is 0 Å². The minimum absolute atomic E-state index is 0.425. The van der Waals surface area contributed by atoms with Gasteiger partial charge in [0.05, 0.1) is 0 Å². The van der Waals surface area contributed by atoms with E-state index in [2.05, 4.69) is 0 Å². The van der Waals surface area contributed by atoms with Crippen LogP contribution in [0.25, 0.3) is 0 Å². The zero-order chi connectivity index (χ0) is 10.4. The van der Waals surface area contributed by atoms with Crippen LogP contribution in [0, 0.1) is 0 Å². The summed E-state index contributed by atoms with van der Waals surface area (Å²) in [5.41, 5.74) is 0. The summed E-state index contributed by atoms with van der Waals surface area (Å²) in [6.45, 7) is 0. The highest BCUT2D eigenvalue weighted by Crippen LogP contribution is 2.32. The molecule has 0 unspecified atom stereocenters. The summed E-state index contributed by atoms with van der Waals surface area (Å²) in [5, 5.41) is 1.65. The number of hydrogen-bond donors (Lipinski definition) is 0. The molecule has 0 atom stereocenters. The van der Waals surface area contributed by atoms with Crippen molar-refractivity contribution in [3.05, 3.63) is 29.3 Å². The lowest BCUT2D eigenvalue weighted by atomic mass is 10.4. The van der Waals surface area contributed by atoms with Crippen LogP contribution >= 0.6 is 19.5 Å². The second kappa shape index (κ2) is 5.90. The molecule has 0 N–H and O–H groups in total. The molecule has 0 fully saturated rings. The summed E-state index contributed by atoms with van der Waals surface area (Å²) in [6.07, 6.45) is 2.56. The fourth-order valence-electron chi connectivity index (χ4n) is 1.14. The van der Waals surface area contributed by atoms with Crippen molar-refractivity contribution in [2.24, 2.45) is 0 Å². The smallest absolute Gasteiger partial charge is 0.124 e. The molecule has 0 radical (unpaired) electrons. The molecule has 2 nitrogen and oxygen atoms in total. The summed E-state index contributed by atoms with van der Waals surface area (Å²) in [4.78, 5) is 20.8. The fraction of sp³-hybridized carbons (Fsp3) is 0.200. The Hall–Kier alpha value is -0.720. The molecule has 1 aromatic rings. The van der Waals surface area contributed by atoms with Crippen molar-refractivity contribution in [3.63, 3.8) is 0 Å². The van der Waals surface area contributed by atoms with E-state index in [-0.39, 0.29) is 0 Å². The number of benzene rings is 1. The molecule has 0 aromatic heterocycles. The van der Waals surface area contributed by atoms with Crippen molar-refractivity contribution in [1.82, 2.24) is 0 Å². The van der Waals surface area contributed by atoms with Crippen molar-refractivity contribution >= 4 is 37.4 Å². The van der Waals surface area contributed by atoms with Gasteiger partial charge in [-0.2, -0.15) is 0 Å². The summed E-state index contributed by atoms with van der Waals surface area (Å²) in [6, 6.07) is 7.34. The molecule has 0 bridgehead atoms. The van der Waals surface area contributed by atoms with E-state index < -0.39 is 7.92 Å². The summed E-state index contributed by atoms with van der Waals surface area (Å²) >= 11 is 5.82. The molecule has 0 heterocycles. The molecule has 0 spiro atoms. The zero-order valence-electron chi connectivity index (χ0n) is 7.52. The first-order valence-corrected chi connectivity index (χ1v) is 6.24. The summed E-state index contributed by atoms with van der Waals surface area (Å²) in [5.74, 6) is 0. The third kappa shape index (κ3) is 3.21. The highest BCUT2D eigenvalue weighted by atomic mass is 35.5. The van der Waals surface area contributed by atoms with E-state index in [1.807, 2.05) is 18.2 Å². The van der Waals surface area contributed by atoms with Crippen molar-refractivity contribution in [3.8, 4) is 0 Å². The molecule has 0 saturated carbocycles. The molecule has 1 rings (SSSR count). The Bertz CT molecular complexity index is 318. The van der Waals surface area contributed by atoms with E-state index in [1.54, 1.807) is 6.07 Å². The van der Waals surface area contributed by atoms with Crippen LogP contribution in [0.15, 0.2) is 24.3 Å². The van der Waals surface area contributed by atoms with Crippen LogP contribution in [-0.4, -0.2) is 24.9 Å². The first-order chi connectivity index (χ1) is 6.77. The van der Waals surface area contributed by atoms with Crippen LogP contribution in [0.2, 0.25) is 5.02 Å². The SMILES string of the molecule is O=CCP(CC=O)c1cccc(Cl)c1. The molecular weight excluding hydrogens is 219 g/mol. The molecule has 0 aliphatic rings. The van der Waals surface area contributed by atoms with Crippen LogP contribution in [0.1, 0.15) is 0 Å². The van der Waals surface area contributed by atoms with Gasteiger partial charge in [-0.05, 0) is 17.4 Å². The van der Waals surface area contributed by atoms with Gasteiger partial charge in [0.1, 0.15) is 12.6 Å². The lowest BCUT2D eigenvalue weighted by molar-refractivity contribution is -0.106. The Balaban J connectivity index is 2.85.